The molecule has 2 N–H and O–H groups in total. The SMILES string of the molecule is Cc1ccc(C(=O)Nc2nc(C(C)(C)C)cs2)c(=O)[nH]1. The fourth-order valence-corrected chi connectivity index (χ4v) is 2.52. The molecule has 1 amide bonds. The zero-order valence-corrected chi connectivity index (χ0v) is 12.7. The molecule has 2 heterocycles. The van der Waals surface area contributed by atoms with Crippen LogP contribution >= 0.6 is 11.3 Å². The van der Waals surface area contributed by atoms with Gasteiger partial charge in [-0.25, -0.2) is 4.98 Å². The maximum absolute atomic E-state index is 12.0. The van der Waals surface area contributed by atoms with Gasteiger partial charge in [0.15, 0.2) is 5.13 Å². The van der Waals surface area contributed by atoms with Crippen molar-refractivity contribution in [3.63, 3.8) is 0 Å². The van der Waals surface area contributed by atoms with Gasteiger partial charge in [0.25, 0.3) is 11.5 Å². The highest BCUT2D eigenvalue weighted by Crippen LogP contribution is 2.26. The molecule has 2 aromatic rings. The molecule has 0 unspecified atom stereocenters. The summed E-state index contributed by atoms with van der Waals surface area (Å²) in [6, 6.07) is 3.21. The van der Waals surface area contributed by atoms with Gasteiger partial charge in [0.05, 0.1) is 5.69 Å². The van der Waals surface area contributed by atoms with E-state index in [1.807, 2.05) is 5.38 Å². The number of pyridine rings is 1. The van der Waals surface area contributed by atoms with Crippen LogP contribution in [0.2, 0.25) is 0 Å². The van der Waals surface area contributed by atoms with E-state index in [4.69, 9.17) is 0 Å². The van der Waals surface area contributed by atoms with Crippen LogP contribution in [-0.4, -0.2) is 15.9 Å². The van der Waals surface area contributed by atoms with Crippen LogP contribution in [0.5, 0.6) is 0 Å². The molecule has 0 saturated carbocycles. The number of rotatable bonds is 2. The van der Waals surface area contributed by atoms with Crippen LogP contribution < -0.4 is 10.9 Å². The molecule has 0 spiro atoms. The Morgan fingerprint density at radius 2 is 2.05 bits per heavy atom. The summed E-state index contributed by atoms with van der Waals surface area (Å²) in [4.78, 5) is 30.7. The first-order valence-corrected chi connectivity index (χ1v) is 7.12. The van der Waals surface area contributed by atoms with Gasteiger partial charge in [0, 0.05) is 16.5 Å². The van der Waals surface area contributed by atoms with Crippen molar-refractivity contribution in [1.29, 1.82) is 0 Å². The largest absolute Gasteiger partial charge is 0.326 e. The van der Waals surface area contributed by atoms with Gasteiger partial charge in [-0.1, -0.05) is 20.8 Å². The van der Waals surface area contributed by atoms with Crippen molar-refractivity contribution in [2.75, 3.05) is 5.32 Å². The predicted octanol–water partition coefficient (Wildman–Crippen LogP) is 2.69. The van der Waals surface area contributed by atoms with Gasteiger partial charge in [-0.3, -0.25) is 14.9 Å². The van der Waals surface area contributed by atoms with E-state index in [-0.39, 0.29) is 11.0 Å². The van der Waals surface area contributed by atoms with E-state index in [0.717, 1.165) is 11.4 Å². The Morgan fingerprint density at radius 1 is 1.35 bits per heavy atom. The van der Waals surface area contributed by atoms with E-state index in [2.05, 4.69) is 36.1 Å². The van der Waals surface area contributed by atoms with Gasteiger partial charge >= 0.3 is 0 Å². The molecule has 6 heteroatoms. The lowest BCUT2D eigenvalue weighted by molar-refractivity contribution is 0.102. The van der Waals surface area contributed by atoms with Crippen LogP contribution in [0, 0.1) is 6.92 Å². The van der Waals surface area contributed by atoms with Crippen LogP contribution in [0.25, 0.3) is 0 Å². The Bertz CT molecular complexity index is 695. The van der Waals surface area contributed by atoms with Crippen molar-refractivity contribution in [3.8, 4) is 0 Å². The van der Waals surface area contributed by atoms with E-state index >= 15 is 0 Å². The smallest absolute Gasteiger partial charge is 0.263 e. The minimum Gasteiger partial charge on any atom is -0.326 e. The second-order valence-corrected chi connectivity index (χ2v) is 6.48. The Kier molecular flexibility index (Phi) is 3.76. The monoisotopic (exact) mass is 291 g/mol. The number of carbonyl (C=O) groups is 1. The van der Waals surface area contributed by atoms with Crippen LogP contribution in [0.3, 0.4) is 0 Å². The summed E-state index contributed by atoms with van der Waals surface area (Å²) in [7, 11) is 0. The number of hydrogen-bond donors (Lipinski definition) is 2. The summed E-state index contributed by atoms with van der Waals surface area (Å²) in [6.07, 6.45) is 0. The molecule has 0 aromatic carbocycles. The lowest BCUT2D eigenvalue weighted by Crippen LogP contribution is -2.23. The lowest BCUT2D eigenvalue weighted by atomic mass is 9.93. The highest BCUT2D eigenvalue weighted by Gasteiger charge is 2.19. The number of nitrogens with zero attached hydrogens (tertiary/aromatic N) is 1. The number of amides is 1. The first-order chi connectivity index (χ1) is 9.27. The number of carbonyl (C=O) groups excluding carboxylic acids is 1. The third-order valence-electron chi connectivity index (χ3n) is 2.79. The van der Waals surface area contributed by atoms with E-state index in [0.29, 0.717) is 5.13 Å². The Labute approximate surface area is 121 Å². The highest BCUT2D eigenvalue weighted by atomic mass is 32.1. The zero-order valence-electron chi connectivity index (χ0n) is 11.9. The van der Waals surface area contributed by atoms with Gasteiger partial charge in [0.2, 0.25) is 0 Å². The summed E-state index contributed by atoms with van der Waals surface area (Å²) in [5.41, 5.74) is 1.26. The first kappa shape index (κ1) is 14.5. The van der Waals surface area contributed by atoms with E-state index < -0.39 is 11.5 Å². The zero-order chi connectivity index (χ0) is 14.9. The van der Waals surface area contributed by atoms with Crippen LogP contribution in [0.4, 0.5) is 5.13 Å². The molecule has 0 radical (unpaired) electrons. The molecule has 106 valence electrons. The highest BCUT2D eigenvalue weighted by molar-refractivity contribution is 7.14. The summed E-state index contributed by atoms with van der Waals surface area (Å²) >= 11 is 1.35. The molecule has 0 aliphatic heterocycles. The number of thiazole rings is 1. The van der Waals surface area contributed by atoms with Crippen molar-refractivity contribution >= 4 is 22.4 Å². The van der Waals surface area contributed by atoms with Crippen molar-refractivity contribution < 1.29 is 4.79 Å². The summed E-state index contributed by atoms with van der Waals surface area (Å²) in [5, 5.41) is 5.07. The molecule has 0 atom stereocenters. The number of nitrogens with one attached hydrogen (secondary N) is 2. The Hall–Kier alpha value is -1.95. The summed E-state index contributed by atoms with van der Waals surface area (Å²) < 4.78 is 0. The average molecular weight is 291 g/mol. The molecular formula is C14H17N3O2S. The third-order valence-corrected chi connectivity index (χ3v) is 3.55. The Morgan fingerprint density at radius 3 is 2.60 bits per heavy atom. The summed E-state index contributed by atoms with van der Waals surface area (Å²) in [6.45, 7) is 7.93. The number of aryl methyl sites for hydroxylation is 1. The second kappa shape index (κ2) is 5.20. The third kappa shape index (κ3) is 3.14. The van der Waals surface area contributed by atoms with Crippen molar-refractivity contribution in [3.05, 3.63) is 44.8 Å². The van der Waals surface area contributed by atoms with E-state index in [1.54, 1.807) is 13.0 Å². The fraction of sp³-hybridized carbons (Fsp3) is 0.357. The van der Waals surface area contributed by atoms with Gasteiger partial charge in [-0.2, -0.15) is 0 Å². The van der Waals surface area contributed by atoms with E-state index in [9.17, 15) is 9.59 Å². The topological polar surface area (TPSA) is 74.8 Å². The molecule has 0 aliphatic carbocycles. The normalized spacial score (nSPS) is 11.4. The molecule has 0 bridgehead atoms. The minimum atomic E-state index is -0.443. The molecule has 20 heavy (non-hydrogen) atoms. The first-order valence-electron chi connectivity index (χ1n) is 6.24. The molecule has 0 aliphatic rings. The van der Waals surface area contributed by atoms with Crippen molar-refractivity contribution in [2.24, 2.45) is 0 Å². The molecule has 0 fully saturated rings. The fourth-order valence-electron chi connectivity index (χ4n) is 1.59. The molecule has 0 saturated heterocycles. The average Bonchev–Trinajstić information content (AvgIpc) is 2.76. The maximum atomic E-state index is 12.0. The summed E-state index contributed by atoms with van der Waals surface area (Å²) in [5.74, 6) is -0.443. The molecule has 2 aromatic heterocycles. The second-order valence-electron chi connectivity index (χ2n) is 5.63. The number of H-pyrrole nitrogens is 1. The van der Waals surface area contributed by atoms with Gasteiger partial charge in [0.1, 0.15) is 5.56 Å². The molecule has 5 nitrogen and oxygen atoms in total. The number of anilines is 1. The number of aromatic nitrogens is 2. The predicted molar refractivity (Wildman–Crippen MR) is 80.6 cm³/mol. The van der Waals surface area contributed by atoms with Crippen molar-refractivity contribution in [1.82, 2.24) is 9.97 Å². The quantitative estimate of drug-likeness (QED) is 0.893. The van der Waals surface area contributed by atoms with Crippen LogP contribution in [-0.2, 0) is 5.41 Å². The van der Waals surface area contributed by atoms with Gasteiger partial charge in [-0.05, 0) is 19.1 Å². The Balaban J connectivity index is 2.20. The number of aromatic amines is 1. The van der Waals surface area contributed by atoms with E-state index in [1.165, 1.54) is 17.4 Å². The van der Waals surface area contributed by atoms with Gasteiger partial charge < -0.3 is 4.98 Å². The lowest BCUT2D eigenvalue weighted by Gasteiger charge is -2.14. The van der Waals surface area contributed by atoms with Crippen LogP contribution in [0.15, 0.2) is 22.3 Å². The number of hydrogen-bond acceptors (Lipinski definition) is 4. The minimum absolute atomic E-state index is 0.0686. The van der Waals surface area contributed by atoms with Gasteiger partial charge in [-0.15, -0.1) is 11.3 Å². The van der Waals surface area contributed by atoms with Crippen molar-refractivity contribution in [2.45, 2.75) is 33.1 Å². The molecular weight excluding hydrogens is 274 g/mol. The standard InChI is InChI=1S/C14H17N3O2S/c1-8-5-6-9(11(18)15-8)12(19)17-13-16-10(7-20-13)14(2,3)4/h5-7H,1-4H3,(H,15,18)(H,16,17,19). The van der Waals surface area contributed by atoms with Crippen LogP contribution in [0.1, 0.15) is 42.5 Å². The molecule has 2 rings (SSSR count). The maximum Gasteiger partial charge on any atom is 0.263 e.